The first-order chi connectivity index (χ1) is 15.5. The molecule has 4 aromatic rings. The van der Waals surface area contributed by atoms with Crippen molar-refractivity contribution in [1.29, 1.82) is 0 Å². The van der Waals surface area contributed by atoms with Crippen molar-refractivity contribution in [3.63, 3.8) is 0 Å². The molecule has 9 nitrogen and oxygen atoms in total. The van der Waals surface area contributed by atoms with Gasteiger partial charge in [0.25, 0.3) is 0 Å². The Kier molecular flexibility index (Phi) is 5.80. The Hall–Kier alpha value is -4.27. The third-order valence-corrected chi connectivity index (χ3v) is 4.97. The maximum atomic E-state index is 11.3. The van der Waals surface area contributed by atoms with E-state index in [9.17, 15) is 9.90 Å². The monoisotopic (exact) mass is 434 g/mol. The highest BCUT2D eigenvalue weighted by atomic mass is 16.5. The molecule has 0 atom stereocenters. The van der Waals surface area contributed by atoms with Gasteiger partial charge < -0.3 is 24.6 Å². The van der Waals surface area contributed by atoms with Gasteiger partial charge in [-0.1, -0.05) is 12.1 Å². The van der Waals surface area contributed by atoms with Gasteiger partial charge in [0.05, 0.1) is 38.8 Å². The maximum absolute atomic E-state index is 11.3. The molecule has 9 heteroatoms. The number of anilines is 1. The van der Waals surface area contributed by atoms with Gasteiger partial charge in [0.15, 0.2) is 17.1 Å². The average Bonchev–Trinajstić information content (AvgIpc) is 3.25. The van der Waals surface area contributed by atoms with Gasteiger partial charge in [-0.05, 0) is 42.0 Å². The zero-order chi connectivity index (χ0) is 22.7. The molecule has 0 radical (unpaired) electrons. The quantitative estimate of drug-likeness (QED) is 0.432. The number of aromatic carboxylic acids is 1. The topological polar surface area (TPSA) is 107 Å². The predicted octanol–water partition coefficient (Wildman–Crippen LogP) is 3.73. The van der Waals surface area contributed by atoms with Crippen molar-refractivity contribution in [3.05, 3.63) is 65.9 Å². The summed E-state index contributed by atoms with van der Waals surface area (Å²) in [6.07, 6.45) is 1.67. The van der Waals surface area contributed by atoms with E-state index >= 15 is 0 Å². The molecule has 2 heterocycles. The van der Waals surface area contributed by atoms with Gasteiger partial charge in [-0.15, -0.1) is 5.10 Å². The standard InChI is InChI=1S/C23H22N4O5/c1-30-18-9-14(10-19(31-2)22(18)32-3)12-24-20-7-8-21-25-13-17(27(21)26-20)15-5-4-6-16(11-15)23(28)29/h4-11,13H,12H2,1-3H3,(H,24,26)(H,28,29). The molecule has 2 N–H and O–H groups in total. The van der Waals surface area contributed by atoms with Crippen molar-refractivity contribution < 1.29 is 24.1 Å². The zero-order valence-electron chi connectivity index (χ0n) is 17.8. The van der Waals surface area contributed by atoms with E-state index in [0.29, 0.717) is 46.5 Å². The molecule has 0 saturated carbocycles. The zero-order valence-corrected chi connectivity index (χ0v) is 17.8. The van der Waals surface area contributed by atoms with E-state index in [1.807, 2.05) is 30.3 Å². The first-order valence-electron chi connectivity index (χ1n) is 9.75. The summed E-state index contributed by atoms with van der Waals surface area (Å²) in [5, 5.41) is 17.2. The van der Waals surface area contributed by atoms with E-state index in [-0.39, 0.29) is 5.56 Å². The van der Waals surface area contributed by atoms with Crippen LogP contribution in [0.25, 0.3) is 16.9 Å². The molecule has 2 aromatic carbocycles. The highest BCUT2D eigenvalue weighted by Crippen LogP contribution is 2.38. The molecule has 2 aromatic heterocycles. The number of aromatic nitrogens is 3. The summed E-state index contributed by atoms with van der Waals surface area (Å²) in [4.78, 5) is 15.7. The molecule has 0 spiro atoms. The van der Waals surface area contributed by atoms with E-state index < -0.39 is 5.97 Å². The minimum absolute atomic E-state index is 0.203. The first kappa shape index (κ1) is 21.0. The number of carbonyl (C=O) groups is 1. The average molecular weight is 434 g/mol. The van der Waals surface area contributed by atoms with Crippen molar-refractivity contribution in [2.75, 3.05) is 26.6 Å². The van der Waals surface area contributed by atoms with E-state index in [0.717, 1.165) is 5.56 Å². The molecule has 0 unspecified atom stereocenters. The summed E-state index contributed by atoms with van der Waals surface area (Å²) >= 11 is 0. The molecular weight excluding hydrogens is 412 g/mol. The SMILES string of the molecule is COc1cc(CNc2ccc3ncc(-c4cccc(C(=O)O)c4)n3n2)cc(OC)c1OC. The van der Waals surface area contributed by atoms with Crippen LogP contribution in [0, 0.1) is 0 Å². The Balaban J connectivity index is 1.62. The summed E-state index contributed by atoms with van der Waals surface area (Å²) < 4.78 is 17.9. The molecule has 0 aliphatic carbocycles. The summed E-state index contributed by atoms with van der Waals surface area (Å²) in [7, 11) is 4.71. The van der Waals surface area contributed by atoms with Crippen molar-refractivity contribution in [1.82, 2.24) is 14.6 Å². The molecule has 0 aliphatic heterocycles. The molecule has 164 valence electrons. The summed E-state index contributed by atoms with van der Waals surface area (Å²) in [6.45, 7) is 0.466. The predicted molar refractivity (Wildman–Crippen MR) is 119 cm³/mol. The first-order valence-corrected chi connectivity index (χ1v) is 9.75. The number of hydrogen-bond acceptors (Lipinski definition) is 7. The molecule has 0 bridgehead atoms. The Morgan fingerprint density at radius 3 is 2.44 bits per heavy atom. The van der Waals surface area contributed by atoms with Crippen LogP contribution >= 0.6 is 0 Å². The van der Waals surface area contributed by atoms with E-state index in [1.54, 1.807) is 50.2 Å². The van der Waals surface area contributed by atoms with Crippen LogP contribution in [0.3, 0.4) is 0 Å². The lowest BCUT2D eigenvalue weighted by Gasteiger charge is -2.14. The fourth-order valence-corrected chi connectivity index (χ4v) is 3.41. The molecule has 0 fully saturated rings. The van der Waals surface area contributed by atoms with E-state index in [4.69, 9.17) is 14.2 Å². The normalized spacial score (nSPS) is 10.7. The maximum Gasteiger partial charge on any atom is 0.335 e. The fraction of sp³-hybridized carbons (Fsp3) is 0.174. The second-order valence-corrected chi connectivity index (χ2v) is 6.91. The largest absolute Gasteiger partial charge is 0.493 e. The second kappa shape index (κ2) is 8.84. The second-order valence-electron chi connectivity index (χ2n) is 6.91. The molecule has 0 amide bonds. The summed E-state index contributed by atoms with van der Waals surface area (Å²) in [5.41, 5.74) is 3.18. The number of rotatable bonds is 8. The van der Waals surface area contributed by atoms with Gasteiger partial charge in [0.2, 0.25) is 5.75 Å². The van der Waals surface area contributed by atoms with Gasteiger partial charge in [0, 0.05) is 12.1 Å². The molecule has 0 aliphatic rings. The number of carboxylic acid groups (broad SMARTS) is 1. The Morgan fingerprint density at radius 1 is 1.03 bits per heavy atom. The number of imidazole rings is 1. The van der Waals surface area contributed by atoms with E-state index in [2.05, 4.69) is 15.4 Å². The van der Waals surface area contributed by atoms with Gasteiger partial charge >= 0.3 is 5.97 Å². The molecule has 32 heavy (non-hydrogen) atoms. The van der Waals surface area contributed by atoms with Gasteiger partial charge in [-0.2, -0.15) is 0 Å². The van der Waals surface area contributed by atoms with Gasteiger partial charge in [-0.3, -0.25) is 0 Å². The van der Waals surface area contributed by atoms with Gasteiger partial charge in [0.1, 0.15) is 5.82 Å². The molecular formula is C23H22N4O5. The lowest BCUT2D eigenvalue weighted by molar-refractivity contribution is 0.0697. The Bertz CT molecular complexity index is 1260. The molecule has 4 rings (SSSR count). The summed E-state index contributed by atoms with van der Waals surface area (Å²) in [5.74, 6) is 1.32. The number of fused-ring (bicyclic) bond motifs is 1. The fourth-order valence-electron chi connectivity index (χ4n) is 3.41. The number of nitrogens with one attached hydrogen (secondary N) is 1. The third kappa shape index (κ3) is 4.00. The van der Waals surface area contributed by atoms with Crippen LogP contribution in [0.4, 0.5) is 5.82 Å². The number of benzene rings is 2. The number of hydrogen-bond donors (Lipinski definition) is 2. The van der Waals surface area contributed by atoms with Crippen molar-refractivity contribution in [2.24, 2.45) is 0 Å². The van der Waals surface area contributed by atoms with Crippen LogP contribution in [0.2, 0.25) is 0 Å². The number of ether oxygens (including phenoxy) is 3. The highest BCUT2D eigenvalue weighted by Gasteiger charge is 2.14. The minimum Gasteiger partial charge on any atom is -0.493 e. The van der Waals surface area contributed by atoms with Crippen LogP contribution in [0.15, 0.2) is 54.7 Å². The van der Waals surface area contributed by atoms with Crippen molar-refractivity contribution in [3.8, 4) is 28.5 Å². The minimum atomic E-state index is -0.985. The highest BCUT2D eigenvalue weighted by molar-refractivity contribution is 5.89. The number of methoxy groups -OCH3 is 3. The van der Waals surface area contributed by atoms with E-state index in [1.165, 1.54) is 0 Å². The van der Waals surface area contributed by atoms with Crippen LogP contribution in [0.5, 0.6) is 17.2 Å². The lowest BCUT2D eigenvalue weighted by Crippen LogP contribution is -2.06. The number of nitrogens with zero attached hydrogens (tertiary/aromatic N) is 3. The Morgan fingerprint density at radius 2 is 1.78 bits per heavy atom. The van der Waals surface area contributed by atoms with Crippen LogP contribution in [0.1, 0.15) is 15.9 Å². The van der Waals surface area contributed by atoms with Crippen molar-refractivity contribution in [2.45, 2.75) is 6.54 Å². The summed E-state index contributed by atoms with van der Waals surface area (Å²) in [6, 6.07) is 14.1. The van der Waals surface area contributed by atoms with Crippen molar-refractivity contribution >= 4 is 17.4 Å². The number of carboxylic acids is 1. The smallest absolute Gasteiger partial charge is 0.335 e. The van der Waals surface area contributed by atoms with Gasteiger partial charge in [-0.25, -0.2) is 14.3 Å². The lowest BCUT2D eigenvalue weighted by atomic mass is 10.1. The third-order valence-electron chi connectivity index (χ3n) is 4.97. The van der Waals surface area contributed by atoms with Crippen LogP contribution in [-0.4, -0.2) is 47.0 Å². The van der Waals surface area contributed by atoms with Crippen LogP contribution < -0.4 is 19.5 Å². The Labute approximate surface area is 184 Å². The van der Waals surface area contributed by atoms with Crippen LogP contribution in [-0.2, 0) is 6.54 Å². The molecule has 0 saturated heterocycles.